The van der Waals surface area contributed by atoms with Gasteiger partial charge in [-0.2, -0.15) is 0 Å². The number of rotatable bonds is 4. The number of nitrogens with one attached hydrogen (secondary N) is 1. The van der Waals surface area contributed by atoms with Crippen molar-refractivity contribution in [2.45, 2.75) is 45.1 Å². The van der Waals surface area contributed by atoms with Gasteiger partial charge in [0.25, 0.3) is 0 Å². The van der Waals surface area contributed by atoms with Crippen molar-refractivity contribution in [3.05, 3.63) is 0 Å². The average molecular weight is 210 g/mol. The van der Waals surface area contributed by atoms with Crippen molar-refractivity contribution in [3.63, 3.8) is 0 Å². The topological polar surface area (TPSA) is 15.3 Å². The summed E-state index contributed by atoms with van der Waals surface area (Å²) in [6, 6.07) is 0.762. The van der Waals surface area contributed by atoms with Crippen LogP contribution < -0.4 is 5.32 Å². The van der Waals surface area contributed by atoms with E-state index in [9.17, 15) is 0 Å². The van der Waals surface area contributed by atoms with E-state index < -0.39 is 0 Å². The van der Waals surface area contributed by atoms with Gasteiger partial charge in [0.05, 0.1) is 0 Å². The molecule has 2 rings (SSSR count). The van der Waals surface area contributed by atoms with E-state index in [1.54, 1.807) is 0 Å². The minimum atomic E-state index is 0.762. The molecule has 2 heteroatoms. The largest absolute Gasteiger partial charge is 0.315 e. The fourth-order valence-corrected chi connectivity index (χ4v) is 2.76. The van der Waals surface area contributed by atoms with Crippen molar-refractivity contribution in [2.75, 3.05) is 26.7 Å². The van der Waals surface area contributed by atoms with E-state index in [2.05, 4.69) is 24.2 Å². The van der Waals surface area contributed by atoms with Gasteiger partial charge in [-0.15, -0.1) is 0 Å². The van der Waals surface area contributed by atoms with Gasteiger partial charge in [-0.3, -0.25) is 0 Å². The molecular formula is C13H26N2. The first-order valence-electron chi connectivity index (χ1n) is 6.69. The second kappa shape index (κ2) is 5.31. The molecule has 2 fully saturated rings. The molecular weight excluding hydrogens is 184 g/mol. The van der Waals surface area contributed by atoms with E-state index in [1.165, 1.54) is 51.7 Å². The lowest BCUT2D eigenvalue weighted by atomic mass is 10.0. The Morgan fingerprint density at radius 1 is 1.20 bits per heavy atom. The number of hydrogen-bond donors (Lipinski definition) is 1. The molecule has 0 spiro atoms. The summed E-state index contributed by atoms with van der Waals surface area (Å²) in [6.07, 6.45) is 7.15. The Balaban J connectivity index is 1.76. The van der Waals surface area contributed by atoms with Crippen LogP contribution in [0.15, 0.2) is 0 Å². The SMILES string of the molecule is CNC(CN1CCCC(C)CC1)C1CC1. The van der Waals surface area contributed by atoms with Gasteiger partial charge in [-0.05, 0) is 64.1 Å². The normalized spacial score (nSPS) is 31.2. The van der Waals surface area contributed by atoms with Gasteiger partial charge in [0.2, 0.25) is 0 Å². The van der Waals surface area contributed by atoms with Gasteiger partial charge in [0.1, 0.15) is 0 Å². The van der Waals surface area contributed by atoms with Crippen molar-refractivity contribution in [2.24, 2.45) is 11.8 Å². The lowest BCUT2D eigenvalue weighted by Gasteiger charge is -2.26. The fraction of sp³-hybridized carbons (Fsp3) is 1.00. The molecule has 1 aliphatic heterocycles. The first kappa shape index (κ1) is 11.4. The minimum Gasteiger partial charge on any atom is -0.315 e. The quantitative estimate of drug-likeness (QED) is 0.764. The number of likely N-dealkylation sites (tertiary alicyclic amines) is 1. The van der Waals surface area contributed by atoms with E-state index >= 15 is 0 Å². The first-order valence-corrected chi connectivity index (χ1v) is 6.69. The highest BCUT2D eigenvalue weighted by atomic mass is 15.1. The monoisotopic (exact) mass is 210 g/mol. The first-order chi connectivity index (χ1) is 7.29. The van der Waals surface area contributed by atoms with Crippen LogP contribution in [0.5, 0.6) is 0 Å². The predicted octanol–water partition coefficient (Wildman–Crippen LogP) is 2.11. The number of hydrogen-bond acceptors (Lipinski definition) is 2. The van der Waals surface area contributed by atoms with Crippen LogP contribution in [0.25, 0.3) is 0 Å². The van der Waals surface area contributed by atoms with Gasteiger partial charge >= 0.3 is 0 Å². The van der Waals surface area contributed by atoms with Gasteiger partial charge in [0, 0.05) is 12.6 Å². The molecule has 1 heterocycles. The fourth-order valence-electron chi connectivity index (χ4n) is 2.76. The molecule has 0 aromatic rings. The smallest absolute Gasteiger partial charge is 0.0220 e. The summed E-state index contributed by atoms with van der Waals surface area (Å²) in [6.45, 7) is 6.34. The van der Waals surface area contributed by atoms with E-state index in [0.29, 0.717) is 0 Å². The molecule has 2 aliphatic rings. The summed E-state index contributed by atoms with van der Waals surface area (Å²) in [5, 5.41) is 3.50. The molecule has 2 unspecified atom stereocenters. The molecule has 0 radical (unpaired) electrons. The third-order valence-corrected chi connectivity index (χ3v) is 4.13. The van der Waals surface area contributed by atoms with Crippen molar-refractivity contribution < 1.29 is 0 Å². The van der Waals surface area contributed by atoms with Gasteiger partial charge in [0.15, 0.2) is 0 Å². The molecule has 2 nitrogen and oxygen atoms in total. The number of nitrogens with zero attached hydrogens (tertiary/aromatic N) is 1. The third kappa shape index (κ3) is 3.46. The molecule has 1 saturated heterocycles. The van der Waals surface area contributed by atoms with Gasteiger partial charge < -0.3 is 10.2 Å². The Bertz CT molecular complexity index is 189. The Kier molecular flexibility index (Phi) is 4.04. The van der Waals surface area contributed by atoms with Crippen LogP contribution in [0.3, 0.4) is 0 Å². The molecule has 2 atom stereocenters. The maximum Gasteiger partial charge on any atom is 0.0220 e. The Hall–Kier alpha value is -0.0800. The van der Waals surface area contributed by atoms with Crippen LogP contribution in [0, 0.1) is 11.8 Å². The van der Waals surface area contributed by atoms with Crippen LogP contribution in [-0.2, 0) is 0 Å². The molecule has 0 bridgehead atoms. The Morgan fingerprint density at radius 3 is 2.67 bits per heavy atom. The molecule has 1 aliphatic carbocycles. The highest BCUT2D eigenvalue weighted by molar-refractivity contribution is 4.88. The summed E-state index contributed by atoms with van der Waals surface area (Å²) < 4.78 is 0. The van der Waals surface area contributed by atoms with Crippen molar-refractivity contribution >= 4 is 0 Å². The molecule has 88 valence electrons. The molecule has 0 aromatic heterocycles. The lowest BCUT2D eigenvalue weighted by molar-refractivity contribution is 0.241. The lowest BCUT2D eigenvalue weighted by Crippen LogP contribution is -2.41. The zero-order valence-corrected chi connectivity index (χ0v) is 10.3. The van der Waals surface area contributed by atoms with Crippen LogP contribution in [0.4, 0.5) is 0 Å². The summed E-state index contributed by atoms with van der Waals surface area (Å²) >= 11 is 0. The maximum absolute atomic E-state index is 3.50. The zero-order valence-electron chi connectivity index (χ0n) is 10.3. The second-order valence-corrected chi connectivity index (χ2v) is 5.57. The summed E-state index contributed by atoms with van der Waals surface area (Å²) in [5.41, 5.74) is 0. The van der Waals surface area contributed by atoms with Crippen LogP contribution >= 0.6 is 0 Å². The van der Waals surface area contributed by atoms with Crippen LogP contribution in [0.1, 0.15) is 39.0 Å². The van der Waals surface area contributed by atoms with Gasteiger partial charge in [-0.1, -0.05) is 6.92 Å². The van der Waals surface area contributed by atoms with Gasteiger partial charge in [-0.25, -0.2) is 0 Å². The molecule has 1 saturated carbocycles. The van der Waals surface area contributed by atoms with E-state index in [4.69, 9.17) is 0 Å². The average Bonchev–Trinajstić information content (AvgIpc) is 3.03. The van der Waals surface area contributed by atoms with E-state index in [1.807, 2.05) is 0 Å². The van der Waals surface area contributed by atoms with Crippen LogP contribution in [-0.4, -0.2) is 37.6 Å². The van der Waals surface area contributed by atoms with Crippen LogP contribution in [0.2, 0.25) is 0 Å². The maximum atomic E-state index is 3.50. The Labute approximate surface area is 94.4 Å². The predicted molar refractivity (Wildman–Crippen MR) is 65.0 cm³/mol. The highest BCUT2D eigenvalue weighted by Crippen LogP contribution is 2.33. The second-order valence-electron chi connectivity index (χ2n) is 5.57. The minimum absolute atomic E-state index is 0.762. The van der Waals surface area contributed by atoms with E-state index in [-0.39, 0.29) is 0 Å². The van der Waals surface area contributed by atoms with Crippen molar-refractivity contribution in [1.29, 1.82) is 0 Å². The molecule has 15 heavy (non-hydrogen) atoms. The number of likely N-dealkylation sites (N-methyl/N-ethyl adjacent to an activating group) is 1. The zero-order chi connectivity index (χ0) is 10.7. The van der Waals surface area contributed by atoms with E-state index in [0.717, 1.165) is 17.9 Å². The van der Waals surface area contributed by atoms with Crippen molar-refractivity contribution in [3.8, 4) is 0 Å². The summed E-state index contributed by atoms with van der Waals surface area (Å²) in [5.74, 6) is 1.93. The summed E-state index contributed by atoms with van der Waals surface area (Å²) in [7, 11) is 2.13. The highest BCUT2D eigenvalue weighted by Gasteiger charge is 2.31. The standard InChI is InChI=1S/C13H26N2/c1-11-4-3-8-15(9-7-11)10-13(14-2)12-5-6-12/h11-14H,3-10H2,1-2H3. The third-order valence-electron chi connectivity index (χ3n) is 4.13. The Morgan fingerprint density at radius 2 is 2.00 bits per heavy atom. The molecule has 0 amide bonds. The van der Waals surface area contributed by atoms with Crippen molar-refractivity contribution in [1.82, 2.24) is 10.2 Å². The summed E-state index contributed by atoms with van der Waals surface area (Å²) in [4.78, 5) is 2.68. The molecule has 1 N–H and O–H groups in total. The molecule has 0 aromatic carbocycles.